The summed E-state index contributed by atoms with van der Waals surface area (Å²) in [5, 5.41) is 0. The van der Waals surface area contributed by atoms with Crippen LogP contribution in [-0.2, 0) is 0 Å². The minimum absolute atomic E-state index is 0. The van der Waals surface area contributed by atoms with E-state index in [2.05, 4.69) is 38.0 Å². The van der Waals surface area contributed by atoms with Crippen molar-refractivity contribution >= 4 is 17.0 Å². The van der Waals surface area contributed by atoms with Crippen molar-refractivity contribution in [3.05, 3.63) is 38.0 Å². The molecule has 0 aromatic carbocycles. The Balaban J connectivity index is 0. The van der Waals surface area contributed by atoms with Crippen LogP contribution in [0.4, 0.5) is 0 Å². The van der Waals surface area contributed by atoms with Gasteiger partial charge in [-0.15, -0.1) is 17.0 Å². The number of hydrogen-bond donors (Lipinski definition) is 0. The summed E-state index contributed by atoms with van der Waals surface area (Å²) < 4.78 is 3.87. The zero-order chi connectivity index (χ0) is 7.82. The summed E-state index contributed by atoms with van der Waals surface area (Å²) in [5.41, 5.74) is 0. The van der Waals surface area contributed by atoms with Crippen molar-refractivity contribution in [2.75, 3.05) is 0 Å². The van der Waals surface area contributed by atoms with Crippen LogP contribution < -0.4 is 0 Å². The number of allylic oxidation sites excluding steroid dienone is 3. The number of rotatable bonds is 6. The van der Waals surface area contributed by atoms with Gasteiger partial charge in [0.25, 0.3) is 0 Å². The summed E-state index contributed by atoms with van der Waals surface area (Å²) in [4.78, 5) is 0. The third-order valence-corrected chi connectivity index (χ3v) is 12.0. The Morgan fingerprint density at radius 2 is 1.09 bits per heavy atom. The molecule has 0 saturated heterocycles. The van der Waals surface area contributed by atoms with Crippen molar-refractivity contribution in [3.63, 3.8) is 0 Å². The fraction of sp³-hybridized carbons (Fsp3) is 0.333. The SMILES string of the molecule is Br.C=C[CH2][Th]([CH2]C=C)[CH2]C=C. The van der Waals surface area contributed by atoms with Gasteiger partial charge >= 0.3 is 78.4 Å². The van der Waals surface area contributed by atoms with Crippen LogP contribution in [0.2, 0.25) is 6.60 Å². The Labute approximate surface area is 94.0 Å². The molecule has 0 spiro atoms. The first kappa shape index (κ1) is 14.5. The first-order chi connectivity index (χ1) is 4.85. The quantitative estimate of drug-likeness (QED) is 0.553. The van der Waals surface area contributed by atoms with E-state index in [-0.39, 0.29) is 17.0 Å². The van der Waals surface area contributed by atoms with Crippen LogP contribution in [0.3, 0.4) is 0 Å². The second-order valence-corrected chi connectivity index (χ2v) is 13.4. The molecule has 0 bridgehead atoms. The first-order valence-corrected chi connectivity index (χ1v) is 12.2. The van der Waals surface area contributed by atoms with Gasteiger partial charge in [-0.1, -0.05) is 0 Å². The molecule has 0 aliphatic carbocycles. The molecule has 0 aromatic rings. The molecule has 0 aliphatic heterocycles. The molecule has 0 radical (unpaired) electrons. The van der Waals surface area contributed by atoms with Crippen molar-refractivity contribution in [1.82, 2.24) is 0 Å². The van der Waals surface area contributed by atoms with Crippen LogP contribution in [0, 0.1) is 33.8 Å². The maximum atomic E-state index is 3.75. The molecule has 63 valence electrons. The van der Waals surface area contributed by atoms with Crippen molar-refractivity contribution in [3.8, 4) is 0 Å². The summed E-state index contributed by atoms with van der Waals surface area (Å²) >= 11 is -1.35. The summed E-state index contributed by atoms with van der Waals surface area (Å²) in [6, 6.07) is 0. The van der Waals surface area contributed by atoms with Crippen molar-refractivity contribution in [1.29, 1.82) is 0 Å². The van der Waals surface area contributed by atoms with Crippen molar-refractivity contribution in [2.24, 2.45) is 0 Å². The topological polar surface area (TPSA) is 0 Å². The fourth-order valence-corrected chi connectivity index (χ4v) is 7.95. The summed E-state index contributed by atoms with van der Waals surface area (Å²) in [7, 11) is 0. The van der Waals surface area contributed by atoms with E-state index in [1.165, 1.54) is 6.60 Å². The monoisotopic (exact) mass is 435 g/mol. The van der Waals surface area contributed by atoms with E-state index in [4.69, 9.17) is 0 Å². The van der Waals surface area contributed by atoms with Gasteiger partial charge in [0.1, 0.15) is 0 Å². The van der Waals surface area contributed by atoms with Crippen molar-refractivity contribution in [2.45, 2.75) is 6.60 Å². The second kappa shape index (κ2) is 11.0. The Morgan fingerprint density at radius 3 is 1.27 bits per heavy atom. The molecule has 0 rings (SSSR count). The predicted molar refractivity (Wildman–Crippen MR) is 55.3 cm³/mol. The molecule has 0 unspecified atom stereocenters. The van der Waals surface area contributed by atoms with Gasteiger partial charge in [0.15, 0.2) is 0 Å². The second-order valence-electron chi connectivity index (χ2n) is 2.23. The molecule has 0 aromatic heterocycles. The normalized spacial score (nSPS) is 7.64. The van der Waals surface area contributed by atoms with Gasteiger partial charge < -0.3 is 0 Å². The Kier molecular flexibility index (Phi) is 14.6. The van der Waals surface area contributed by atoms with E-state index in [1.807, 2.05) is 0 Å². The van der Waals surface area contributed by atoms with Gasteiger partial charge in [0.2, 0.25) is 0 Å². The molecular weight excluding hydrogens is 420 g/mol. The van der Waals surface area contributed by atoms with Gasteiger partial charge in [-0.25, -0.2) is 0 Å². The van der Waals surface area contributed by atoms with E-state index in [1.54, 1.807) is 0 Å². The average Bonchev–Trinajstić information content (AvgIpc) is 1.90. The van der Waals surface area contributed by atoms with Crippen LogP contribution in [0.1, 0.15) is 0 Å². The molecule has 2 heteroatoms. The average molecular weight is 436 g/mol. The third-order valence-electron chi connectivity index (χ3n) is 1.30. The molecule has 0 heterocycles. The Hall–Kier alpha value is 1.02. The summed E-state index contributed by atoms with van der Waals surface area (Å²) in [6.07, 6.45) is 6.17. The Bertz CT molecular complexity index is 97.0. The van der Waals surface area contributed by atoms with Crippen LogP contribution in [0.5, 0.6) is 0 Å². The Morgan fingerprint density at radius 1 is 0.818 bits per heavy atom. The summed E-state index contributed by atoms with van der Waals surface area (Å²) in [5.74, 6) is 0. The van der Waals surface area contributed by atoms with Gasteiger partial charge in [-0.2, -0.15) is 0 Å². The molecule has 0 aliphatic rings. The van der Waals surface area contributed by atoms with Gasteiger partial charge in [-0.05, 0) is 0 Å². The van der Waals surface area contributed by atoms with Crippen molar-refractivity contribution < 1.29 is 33.8 Å². The van der Waals surface area contributed by atoms with Crippen LogP contribution in [0.15, 0.2) is 38.0 Å². The maximum absolute atomic E-state index is 3.75. The standard InChI is InChI=1S/3C3H5.BrH.Th/c3*1-3-2;;/h3*3H,1-2H2;1H;. The van der Waals surface area contributed by atoms with Gasteiger partial charge in [-0.3, -0.25) is 0 Å². The fourth-order valence-electron chi connectivity index (χ4n) is 0.862. The zero-order valence-corrected chi connectivity index (χ0v) is 12.7. The molecule has 0 atom stereocenters. The number of halogens is 1. The summed E-state index contributed by atoms with van der Waals surface area (Å²) in [6.45, 7) is 11.3. The third kappa shape index (κ3) is 8.93. The molecule has 0 N–H and O–H groups in total. The van der Waals surface area contributed by atoms with E-state index in [0.717, 1.165) is 0 Å². The minimum atomic E-state index is -1.35. The molecular formula is C9H16BrTh. The molecule has 0 saturated carbocycles. The van der Waals surface area contributed by atoms with Crippen LogP contribution in [-0.4, -0.2) is 0 Å². The van der Waals surface area contributed by atoms with Crippen LogP contribution in [0.25, 0.3) is 0 Å². The van der Waals surface area contributed by atoms with Gasteiger partial charge in [0.05, 0.1) is 0 Å². The van der Waals surface area contributed by atoms with E-state index in [9.17, 15) is 0 Å². The van der Waals surface area contributed by atoms with E-state index in [0.29, 0.717) is 0 Å². The predicted octanol–water partition coefficient (Wildman–Crippen LogP) is 4.00. The number of hydrogen-bond acceptors (Lipinski definition) is 0. The molecule has 0 amide bonds. The molecule has 0 nitrogen and oxygen atoms in total. The zero-order valence-electron chi connectivity index (χ0n) is 6.88. The van der Waals surface area contributed by atoms with Crippen LogP contribution >= 0.6 is 17.0 Å². The molecule has 0 fully saturated rings. The van der Waals surface area contributed by atoms with E-state index >= 15 is 0 Å². The van der Waals surface area contributed by atoms with Gasteiger partial charge in [0, 0.05) is 0 Å². The molecule has 11 heavy (non-hydrogen) atoms. The first-order valence-electron chi connectivity index (χ1n) is 3.51. The van der Waals surface area contributed by atoms with E-state index < -0.39 is 33.8 Å².